The zero-order valence-corrected chi connectivity index (χ0v) is 20.0. The van der Waals surface area contributed by atoms with Gasteiger partial charge < -0.3 is 15.1 Å². The highest BCUT2D eigenvalue weighted by Gasteiger charge is 2.47. The number of hydrogen-bond acceptors (Lipinski definition) is 3. The van der Waals surface area contributed by atoms with E-state index in [4.69, 9.17) is 23.2 Å². The van der Waals surface area contributed by atoms with Crippen LogP contribution in [0.2, 0.25) is 10.0 Å². The summed E-state index contributed by atoms with van der Waals surface area (Å²) in [5.41, 5.74) is 0.333. The van der Waals surface area contributed by atoms with Crippen molar-refractivity contribution in [2.45, 2.75) is 50.4 Å². The summed E-state index contributed by atoms with van der Waals surface area (Å²) in [6.45, 7) is 1.35. The molecule has 1 N–H and O–H groups in total. The third kappa shape index (κ3) is 6.35. The van der Waals surface area contributed by atoms with Crippen LogP contribution in [0, 0.1) is 5.92 Å². The molecule has 0 aromatic heterocycles. The molecule has 1 heterocycles. The summed E-state index contributed by atoms with van der Waals surface area (Å²) < 4.78 is 41.7. The van der Waals surface area contributed by atoms with Crippen LogP contribution in [-0.2, 0) is 0 Å². The van der Waals surface area contributed by atoms with Crippen LogP contribution in [0.3, 0.4) is 0 Å². The van der Waals surface area contributed by atoms with E-state index in [1.807, 2.05) is 4.90 Å². The number of piperazine rings is 1. The van der Waals surface area contributed by atoms with Gasteiger partial charge in [-0.15, -0.1) is 0 Å². The average Bonchev–Trinajstić information content (AvgIpc) is 2.74. The SMILES string of the molecule is CN(C)C(=O)N[C@H]1CC[C@H](CCN2CCN(c3cccc(Cl)c3Cl)[C@@H](C(F)(F)F)C2)CC1. The molecule has 1 aromatic rings. The Labute approximate surface area is 197 Å². The molecule has 5 nitrogen and oxygen atoms in total. The topological polar surface area (TPSA) is 38.8 Å². The van der Waals surface area contributed by atoms with E-state index >= 15 is 0 Å². The van der Waals surface area contributed by atoms with E-state index in [-0.39, 0.29) is 35.2 Å². The number of halogens is 5. The van der Waals surface area contributed by atoms with Crippen molar-refractivity contribution < 1.29 is 18.0 Å². The number of carbonyl (C=O) groups is 1. The van der Waals surface area contributed by atoms with E-state index in [9.17, 15) is 18.0 Å². The monoisotopic (exact) mass is 494 g/mol. The van der Waals surface area contributed by atoms with Crippen LogP contribution in [0.25, 0.3) is 0 Å². The van der Waals surface area contributed by atoms with Crippen molar-refractivity contribution in [3.63, 3.8) is 0 Å². The Morgan fingerprint density at radius 1 is 1.16 bits per heavy atom. The normalized spacial score (nSPS) is 25.0. The maximum Gasteiger partial charge on any atom is 0.409 e. The molecule has 0 bridgehead atoms. The first-order chi connectivity index (χ1) is 15.1. The molecule has 1 saturated heterocycles. The number of benzene rings is 1. The van der Waals surface area contributed by atoms with Crippen LogP contribution >= 0.6 is 23.2 Å². The number of amides is 2. The number of carbonyl (C=O) groups excluding carboxylic acids is 1. The van der Waals surface area contributed by atoms with Crippen molar-refractivity contribution in [2.24, 2.45) is 5.92 Å². The molecule has 10 heteroatoms. The molecule has 2 fully saturated rings. The zero-order valence-electron chi connectivity index (χ0n) is 18.5. The first-order valence-corrected chi connectivity index (χ1v) is 11.8. The van der Waals surface area contributed by atoms with Gasteiger partial charge in [-0.2, -0.15) is 13.2 Å². The van der Waals surface area contributed by atoms with Crippen LogP contribution < -0.4 is 10.2 Å². The maximum atomic E-state index is 13.9. The Balaban J connectivity index is 1.53. The van der Waals surface area contributed by atoms with Crippen molar-refractivity contribution in [2.75, 3.05) is 45.2 Å². The minimum atomic E-state index is -4.37. The number of anilines is 1. The van der Waals surface area contributed by atoms with E-state index < -0.39 is 12.2 Å². The Morgan fingerprint density at radius 3 is 2.47 bits per heavy atom. The van der Waals surface area contributed by atoms with E-state index in [1.54, 1.807) is 32.3 Å². The minimum absolute atomic E-state index is 0.0793. The van der Waals surface area contributed by atoms with Gasteiger partial charge in [0.25, 0.3) is 0 Å². The lowest BCUT2D eigenvalue weighted by Crippen LogP contribution is -2.59. The van der Waals surface area contributed by atoms with E-state index in [0.29, 0.717) is 24.7 Å². The molecule has 32 heavy (non-hydrogen) atoms. The number of urea groups is 1. The van der Waals surface area contributed by atoms with Crippen LogP contribution in [0.15, 0.2) is 18.2 Å². The fourth-order valence-electron chi connectivity index (χ4n) is 4.59. The van der Waals surface area contributed by atoms with Gasteiger partial charge in [0.15, 0.2) is 0 Å². The van der Waals surface area contributed by atoms with Crippen LogP contribution in [0.4, 0.5) is 23.7 Å². The summed E-state index contributed by atoms with van der Waals surface area (Å²) in [6, 6.07) is 3.28. The summed E-state index contributed by atoms with van der Waals surface area (Å²) in [7, 11) is 3.44. The molecule has 1 aliphatic heterocycles. The molecule has 1 saturated carbocycles. The maximum absolute atomic E-state index is 13.9. The first-order valence-electron chi connectivity index (χ1n) is 11.0. The van der Waals surface area contributed by atoms with Crippen molar-refractivity contribution >= 4 is 34.9 Å². The summed E-state index contributed by atoms with van der Waals surface area (Å²) >= 11 is 12.3. The summed E-state index contributed by atoms with van der Waals surface area (Å²) in [4.78, 5) is 16.6. The molecule has 1 atom stereocenters. The minimum Gasteiger partial charge on any atom is -0.356 e. The molecule has 0 radical (unpaired) electrons. The highest BCUT2D eigenvalue weighted by Crippen LogP contribution is 2.38. The van der Waals surface area contributed by atoms with Gasteiger partial charge in [0, 0.05) is 39.8 Å². The summed E-state index contributed by atoms with van der Waals surface area (Å²) in [5, 5.41) is 3.44. The number of hydrogen-bond donors (Lipinski definition) is 1. The van der Waals surface area contributed by atoms with Crippen LogP contribution in [0.1, 0.15) is 32.1 Å². The second-order valence-electron chi connectivity index (χ2n) is 8.97. The standard InChI is InChI=1S/C22H31Cl2F3N4O/c1-29(2)21(32)28-16-8-6-15(7-9-16)10-11-30-12-13-31(19(14-30)22(25,26)27)18-5-3-4-17(23)20(18)24/h3-5,15-16,19H,6-14H2,1-2H3,(H,28,32)/t15-,16-,19-/m1/s1. The Kier molecular flexibility index (Phi) is 8.44. The van der Waals surface area contributed by atoms with Crippen molar-refractivity contribution in [1.82, 2.24) is 15.1 Å². The number of rotatable bonds is 5. The summed E-state index contributed by atoms with van der Waals surface area (Å²) in [5.74, 6) is 0.479. The molecule has 0 spiro atoms. The molecular formula is C22H31Cl2F3N4O. The lowest BCUT2D eigenvalue weighted by atomic mass is 9.84. The smallest absolute Gasteiger partial charge is 0.356 e. The van der Waals surface area contributed by atoms with Gasteiger partial charge in [0.1, 0.15) is 6.04 Å². The highest BCUT2D eigenvalue weighted by molar-refractivity contribution is 6.43. The fraction of sp³-hybridized carbons (Fsp3) is 0.682. The van der Waals surface area contributed by atoms with E-state index in [1.165, 1.54) is 9.80 Å². The van der Waals surface area contributed by atoms with Crippen LogP contribution in [0.5, 0.6) is 0 Å². The number of nitrogens with zero attached hydrogens (tertiary/aromatic N) is 3. The largest absolute Gasteiger partial charge is 0.409 e. The average molecular weight is 495 g/mol. The highest BCUT2D eigenvalue weighted by atomic mass is 35.5. The van der Waals surface area contributed by atoms with Gasteiger partial charge in [-0.1, -0.05) is 29.3 Å². The molecule has 3 rings (SSSR count). The van der Waals surface area contributed by atoms with Crippen molar-refractivity contribution in [3.05, 3.63) is 28.2 Å². The van der Waals surface area contributed by atoms with Gasteiger partial charge >= 0.3 is 12.2 Å². The van der Waals surface area contributed by atoms with Gasteiger partial charge in [-0.25, -0.2) is 4.79 Å². The lowest BCUT2D eigenvalue weighted by Gasteiger charge is -2.44. The molecule has 2 aliphatic rings. The molecule has 2 amide bonds. The van der Waals surface area contributed by atoms with E-state index in [2.05, 4.69) is 5.32 Å². The Bertz CT molecular complexity index is 785. The second-order valence-corrected chi connectivity index (χ2v) is 9.76. The fourth-order valence-corrected chi connectivity index (χ4v) is 4.99. The molecule has 0 unspecified atom stereocenters. The lowest BCUT2D eigenvalue weighted by molar-refractivity contribution is -0.156. The molecule has 180 valence electrons. The molecular weight excluding hydrogens is 464 g/mol. The third-order valence-electron chi connectivity index (χ3n) is 6.52. The number of alkyl halides is 3. The molecule has 1 aromatic carbocycles. The predicted octanol–water partition coefficient (Wildman–Crippen LogP) is 5.27. The predicted molar refractivity (Wildman–Crippen MR) is 123 cm³/mol. The van der Waals surface area contributed by atoms with Gasteiger partial charge in [0.2, 0.25) is 0 Å². The van der Waals surface area contributed by atoms with Crippen LogP contribution in [-0.4, -0.2) is 74.4 Å². The van der Waals surface area contributed by atoms with Crippen molar-refractivity contribution in [1.29, 1.82) is 0 Å². The van der Waals surface area contributed by atoms with E-state index in [0.717, 1.165) is 32.1 Å². The Morgan fingerprint density at radius 2 is 1.84 bits per heavy atom. The quantitative estimate of drug-likeness (QED) is 0.606. The third-order valence-corrected chi connectivity index (χ3v) is 7.33. The van der Waals surface area contributed by atoms with Gasteiger partial charge in [0.05, 0.1) is 15.7 Å². The summed E-state index contributed by atoms with van der Waals surface area (Å²) in [6.07, 6.45) is 0.301. The first kappa shape index (κ1) is 25.2. The Hall–Kier alpha value is -1.38. The number of nitrogens with one attached hydrogen (secondary N) is 1. The second kappa shape index (κ2) is 10.7. The molecule has 1 aliphatic carbocycles. The van der Waals surface area contributed by atoms with Gasteiger partial charge in [-0.3, -0.25) is 4.90 Å². The zero-order chi connectivity index (χ0) is 23.5. The van der Waals surface area contributed by atoms with Crippen molar-refractivity contribution in [3.8, 4) is 0 Å². The van der Waals surface area contributed by atoms with Gasteiger partial charge in [-0.05, 0) is 56.7 Å².